The normalized spacial score (nSPS) is 14.2. The van der Waals surface area contributed by atoms with Crippen molar-refractivity contribution in [3.63, 3.8) is 0 Å². The van der Waals surface area contributed by atoms with Gasteiger partial charge in [0.2, 0.25) is 0 Å². The fraction of sp³-hybridized carbons (Fsp3) is 0.341. The first-order valence-electron chi connectivity index (χ1n) is 18.9. The number of rotatable bonds is 4. The number of Topliss-reactive ketones (excluding diaryl/α,β-unsaturated/α-hetero) is 1. The number of aliphatic carboxylic acids is 1. The summed E-state index contributed by atoms with van der Waals surface area (Å²) in [5.74, 6) is -4.30. The predicted octanol–water partition coefficient (Wildman–Crippen LogP) is 10.2. The summed E-state index contributed by atoms with van der Waals surface area (Å²) >= 11 is 0. The van der Waals surface area contributed by atoms with Crippen molar-refractivity contribution >= 4 is 45.7 Å². The molecule has 2 aliphatic carbocycles. The van der Waals surface area contributed by atoms with Crippen molar-refractivity contribution < 1.29 is 86.4 Å². The highest BCUT2D eigenvalue weighted by atomic mass is 35.5. The first-order chi connectivity index (χ1) is 30.0. The van der Waals surface area contributed by atoms with Crippen LogP contribution >= 0.6 is 12.4 Å². The smallest absolute Gasteiger partial charge is 0.481 e. The molecule has 11 nitrogen and oxygen atoms in total. The minimum atomic E-state index is -5.84. The third-order valence-electron chi connectivity index (χ3n) is 9.20. The predicted molar refractivity (Wildman–Crippen MR) is 217 cm³/mol. The Labute approximate surface area is 371 Å². The fourth-order valence-electron chi connectivity index (χ4n) is 6.14. The lowest BCUT2D eigenvalue weighted by Gasteiger charge is -2.16. The second kappa shape index (κ2) is 27.2. The molecular weight excluding hydrogens is 939 g/mol. The summed E-state index contributed by atoms with van der Waals surface area (Å²) < 4.78 is 160. The Balaban J connectivity index is 0.000000405. The van der Waals surface area contributed by atoms with Gasteiger partial charge in [-0.2, -0.15) is 21.6 Å². The van der Waals surface area contributed by atoms with E-state index >= 15 is 0 Å². The maximum atomic E-state index is 12.9. The van der Waals surface area contributed by atoms with Crippen molar-refractivity contribution in [1.82, 2.24) is 0 Å². The number of nitrogens with zero attached hydrogens (tertiary/aromatic N) is 1. The van der Waals surface area contributed by atoms with Gasteiger partial charge < -0.3 is 20.8 Å². The number of alkyl halides is 3. The van der Waals surface area contributed by atoms with E-state index in [-0.39, 0.29) is 24.6 Å². The standard InChI is InChI=1S/C10H9F2NO.C10H11F2N.C10H10F2O2.C10H8F2O.CHF3O3S.ClH.H3NO/c11-8-4-6-2-1-3-10(13-14)7(6)5-9(8)12;11-8-5-7-3-1-2-4-13-10(7)6-9(8)12;11-8-5-4-7(6-9(8)12)2-1-3-10(13)14;11-8-4-6-2-1-3-10(13)7(6)5-9(8)12;2-1(3,4)8(5,6)7;;1-2/h4-5,14H,1-3H2;5-6,13H,1-4H2;4-6H,1-3H2,(H,13,14);4-5H,1-3H2;(H,5,6,7);1H;2H,1H2/b13-10+;;;;;;. The molecule has 4 aromatic carbocycles. The van der Waals surface area contributed by atoms with Crippen LogP contribution in [0.15, 0.2) is 59.8 Å². The number of fused-ring (bicyclic) bond motifs is 3. The van der Waals surface area contributed by atoms with Crippen molar-refractivity contribution in [3.05, 3.63) is 135 Å². The molecule has 0 fully saturated rings. The van der Waals surface area contributed by atoms with Crippen molar-refractivity contribution in [2.24, 2.45) is 11.1 Å². The Morgan fingerprint density at radius 2 is 1.12 bits per heavy atom. The Morgan fingerprint density at radius 1 is 0.662 bits per heavy atom. The number of carboxylic acid groups (broad SMARTS) is 1. The quantitative estimate of drug-likeness (QED) is 0.0376. The molecule has 1 heterocycles. The van der Waals surface area contributed by atoms with Gasteiger partial charge in [-0.25, -0.2) is 41.0 Å². The van der Waals surface area contributed by atoms with Crippen LogP contribution in [0, 0.1) is 46.5 Å². The number of nitrogens with two attached hydrogens (primary N) is 1. The van der Waals surface area contributed by atoms with Gasteiger partial charge in [0.1, 0.15) is 0 Å². The van der Waals surface area contributed by atoms with Gasteiger partial charge in [0, 0.05) is 42.3 Å². The first kappa shape index (κ1) is 57.7. The van der Waals surface area contributed by atoms with E-state index in [9.17, 15) is 57.9 Å². The number of anilines is 1. The van der Waals surface area contributed by atoms with Crippen LogP contribution in [0.25, 0.3) is 0 Å². The molecular formula is C41H43ClF11N3O8S. The molecule has 24 heteroatoms. The summed E-state index contributed by atoms with van der Waals surface area (Å²) in [6, 6.07) is 10.5. The molecule has 0 bridgehead atoms. The largest absolute Gasteiger partial charge is 0.522 e. The van der Waals surface area contributed by atoms with E-state index in [2.05, 4.69) is 16.4 Å². The topological polar surface area (TPSA) is 200 Å². The zero-order valence-corrected chi connectivity index (χ0v) is 35.4. The number of hydrogen-bond acceptors (Lipinski definition) is 9. The van der Waals surface area contributed by atoms with Crippen LogP contribution in [0.3, 0.4) is 0 Å². The first-order valence-corrected chi connectivity index (χ1v) is 20.3. The number of aryl methyl sites for hydroxylation is 4. The highest BCUT2D eigenvalue weighted by Gasteiger charge is 2.44. The van der Waals surface area contributed by atoms with Crippen LogP contribution in [-0.4, -0.2) is 58.0 Å². The molecule has 65 heavy (non-hydrogen) atoms. The SMILES string of the molecule is Cl.Fc1cc2c(cc1F)NCCCC2.NO.O/N=C1\CCCc2cc(F)c(F)cc21.O=C(O)CCCc1ccc(F)c(F)c1.O=C1CCCc2cc(F)c(F)cc21.O=S(=O)(O)C(F)(F)F. The van der Waals surface area contributed by atoms with E-state index in [1.54, 1.807) is 0 Å². The van der Waals surface area contributed by atoms with Crippen LogP contribution in [0.1, 0.15) is 89.5 Å². The number of nitrogens with one attached hydrogen (secondary N) is 1. The maximum absolute atomic E-state index is 12.9. The molecule has 360 valence electrons. The molecule has 7 rings (SSSR count). The van der Waals surface area contributed by atoms with Crippen molar-refractivity contribution in [2.45, 2.75) is 82.6 Å². The summed E-state index contributed by atoms with van der Waals surface area (Å²) in [6.45, 7) is 0.845. The number of hydrogen-bond donors (Lipinski definition) is 6. The molecule has 0 unspecified atom stereocenters. The zero-order chi connectivity index (χ0) is 48.4. The van der Waals surface area contributed by atoms with Crippen molar-refractivity contribution in [3.8, 4) is 0 Å². The van der Waals surface area contributed by atoms with Crippen LogP contribution in [0.5, 0.6) is 0 Å². The van der Waals surface area contributed by atoms with E-state index in [0.717, 1.165) is 80.2 Å². The van der Waals surface area contributed by atoms with Gasteiger partial charge >= 0.3 is 21.6 Å². The van der Waals surface area contributed by atoms with Gasteiger partial charge in [-0.3, -0.25) is 14.1 Å². The van der Waals surface area contributed by atoms with E-state index in [1.807, 2.05) is 0 Å². The third-order valence-corrected chi connectivity index (χ3v) is 9.79. The molecule has 0 saturated heterocycles. The van der Waals surface area contributed by atoms with Crippen LogP contribution in [0.2, 0.25) is 0 Å². The zero-order valence-electron chi connectivity index (χ0n) is 33.8. The van der Waals surface area contributed by atoms with Gasteiger partial charge in [0.25, 0.3) is 0 Å². The number of oxime groups is 1. The second-order valence-corrected chi connectivity index (χ2v) is 15.2. The molecule has 0 amide bonds. The molecule has 1 aliphatic heterocycles. The summed E-state index contributed by atoms with van der Waals surface area (Å²) in [5, 5.41) is 29.7. The number of halogens is 12. The van der Waals surface area contributed by atoms with Gasteiger partial charge in [-0.05, 0) is 129 Å². The summed E-state index contributed by atoms with van der Waals surface area (Å²) in [5.41, 5.74) is -0.628. The highest BCUT2D eigenvalue weighted by Crippen LogP contribution is 2.26. The van der Waals surface area contributed by atoms with Crippen molar-refractivity contribution in [2.75, 3.05) is 11.9 Å². The molecule has 7 N–H and O–H groups in total. The summed E-state index contributed by atoms with van der Waals surface area (Å²) in [4.78, 5) is 21.4. The number of benzene rings is 4. The van der Waals surface area contributed by atoms with Gasteiger partial charge in [0.05, 0.1) is 5.71 Å². The average Bonchev–Trinajstić information content (AvgIpc) is 3.46. The van der Waals surface area contributed by atoms with E-state index in [4.69, 9.17) is 28.5 Å². The Kier molecular flexibility index (Phi) is 24.1. The van der Waals surface area contributed by atoms with Crippen LogP contribution < -0.4 is 11.2 Å². The monoisotopic (exact) mass is 981 g/mol. The van der Waals surface area contributed by atoms with Gasteiger partial charge in [0.15, 0.2) is 52.3 Å². The molecule has 0 atom stereocenters. The lowest BCUT2D eigenvalue weighted by Crippen LogP contribution is -2.21. The number of carboxylic acids is 1. The molecule has 0 saturated carbocycles. The lowest BCUT2D eigenvalue weighted by atomic mass is 9.90. The molecule has 4 aromatic rings. The fourth-order valence-corrected chi connectivity index (χ4v) is 6.14. The van der Waals surface area contributed by atoms with Crippen LogP contribution in [-0.2, 0) is 40.6 Å². The Morgan fingerprint density at radius 3 is 1.65 bits per heavy atom. The van der Waals surface area contributed by atoms with Gasteiger partial charge in [-0.15, -0.1) is 12.4 Å². The van der Waals surface area contributed by atoms with Crippen LogP contribution in [0.4, 0.5) is 54.0 Å². The number of carbonyl (C=O) groups excluding carboxylic acids is 1. The van der Waals surface area contributed by atoms with E-state index < -0.39 is 68.1 Å². The summed E-state index contributed by atoms with van der Waals surface area (Å²) in [6.07, 6.45) is 7.79. The third kappa shape index (κ3) is 18.6. The second-order valence-electron chi connectivity index (χ2n) is 13.7. The minimum Gasteiger partial charge on any atom is -0.481 e. The minimum absolute atomic E-state index is 0. The molecule has 0 aromatic heterocycles. The molecule has 0 radical (unpaired) electrons. The maximum Gasteiger partial charge on any atom is 0.522 e. The Hall–Kier alpha value is -5.36. The van der Waals surface area contributed by atoms with E-state index in [0.29, 0.717) is 72.1 Å². The Bertz CT molecular complexity index is 2340. The number of ketones is 1. The molecule has 0 spiro atoms. The van der Waals surface area contributed by atoms with E-state index in [1.165, 1.54) is 24.3 Å². The lowest BCUT2D eigenvalue weighted by molar-refractivity contribution is -0.137. The highest BCUT2D eigenvalue weighted by molar-refractivity contribution is 7.86. The number of carbonyl (C=O) groups is 2. The average molecular weight is 982 g/mol. The van der Waals surface area contributed by atoms with Crippen molar-refractivity contribution in [1.29, 1.82) is 0 Å². The molecule has 3 aliphatic rings. The van der Waals surface area contributed by atoms with Gasteiger partial charge in [-0.1, -0.05) is 11.2 Å². The summed E-state index contributed by atoms with van der Waals surface area (Å²) in [7, 11) is -5.84.